The number of anilines is 1. The molecule has 1 amide bonds. The topological polar surface area (TPSA) is 70.7 Å². The minimum Gasteiger partial charge on any atom is -0.325 e. The molecule has 0 saturated carbocycles. The predicted octanol–water partition coefficient (Wildman–Crippen LogP) is 4.27. The van der Waals surface area contributed by atoms with Gasteiger partial charge in [0.25, 0.3) is 0 Å². The Kier molecular flexibility index (Phi) is 5.32. The molecule has 122 valence electrons. The molecule has 3 rings (SSSR count). The highest BCUT2D eigenvalue weighted by atomic mass is 79.9. The van der Waals surface area contributed by atoms with E-state index in [1.807, 2.05) is 55.5 Å². The van der Waals surface area contributed by atoms with Gasteiger partial charge in [0.15, 0.2) is 5.82 Å². The van der Waals surface area contributed by atoms with Gasteiger partial charge in [-0.1, -0.05) is 52.0 Å². The lowest BCUT2D eigenvalue weighted by Gasteiger charge is -2.03. The highest BCUT2D eigenvalue weighted by molar-refractivity contribution is 9.10. The second-order valence-corrected chi connectivity index (χ2v) is 6.98. The molecule has 7 heteroatoms. The van der Waals surface area contributed by atoms with E-state index < -0.39 is 0 Å². The molecule has 0 aliphatic heterocycles. The van der Waals surface area contributed by atoms with Gasteiger partial charge in [-0.25, -0.2) is 4.98 Å². The molecular formula is C17H15BrN4OS. The van der Waals surface area contributed by atoms with Crippen molar-refractivity contribution in [1.29, 1.82) is 0 Å². The number of amides is 1. The van der Waals surface area contributed by atoms with E-state index in [0.717, 1.165) is 21.3 Å². The van der Waals surface area contributed by atoms with Crippen LogP contribution in [0.15, 0.2) is 58.2 Å². The number of aromatic nitrogens is 3. The summed E-state index contributed by atoms with van der Waals surface area (Å²) in [5.74, 6) is 0.870. The molecule has 0 fully saturated rings. The fraction of sp³-hybridized carbons (Fsp3) is 0.118. The van der Waals surface area contributed by atoms with Gasteiger partial charge >= 0.3 is 0 Å². The van der Waals surface area contributed by atoms with Crippen molar-refractivity contribution in [3.05, 3.63) is 58.6 Å². The summed E-state index contributed by atoms with van der Waals surface area (Å²) < 4.78 is 0.972. The predicted molar refractivity (Wildman–Crippen MR) is 100 cm³/mol. The molecule has 0 radical (unpaired) electrons. The van der Waals surface area contributed by atoms with Crippen molar-refractivity contribution in [1.82, 2.24) is 15.2 Å². The minimum atomic E-state index is -0.0930. The van der Waals surface area contributed by atoms with Gasteiger partial charge in [-0.3, -0.25) is 9.89 Å². The van der Waals surface area contributed by atoms with E-state index in [0.29, 0.717) is 11.0 Å². The number of rotatable bonds is 5. The second-order valence-electron chi connectivity index (χ2n) is 5.13. The van der Waals surface area contributed by atoms with Crippen molar-refractivity contribution in [3.8, 4) is 11.4 Å². The number of benzene rings is 2. The number of hydrogen-bond acceptors (Lipinski definition) is 4. The quantitative estimate of drug-likeness (QED) is 0.624. The van der Waals surface area contributed by atoms with E-state index in [1.165, 1.54) is 11.8 Å². The van der Waals surface area contributed by atoms with Crippen molar-refractivity contribution in [3.63, 3.8) is 0 Å². The SMILES string of the molecule is Cc1ccccc1-c1nc(SCC(=O)Nc2ccc(Br)cc2)n[nH]1. The fourth-order valence-corrected chi connectivity index (χ4v) is 2.99. The molecule has 24 heavy (non-hydrogen) atoms. The molecule has 2 aromatic carbocycles. The first-order chi connectivity index (χ1) is 11.6. The summed E-state index contributed by atoms with van der Waals surface area (Å²) >= 11 is 4.66. The number of H-pyrrole nitrogens is 1. The zero-order chi connectivity index (χ0) is 16.9. The monoisotopic (exact) mass is 402 g/mol. The minimum absolute atomic E-state index is 0.0930. The van der Waals surface area contributed by atoms with E-state index >= 15 is 0 Å². The molecule has 0 aliphatic carbocycles. The average molecular weight is 403 g/mol. The number of hydrogen-bond donors (Lipinski definition) is 2. The van der Waals surface area contributed by atoms with Gasteiger partial charge in [-0.15, -0.1) is 5.10 Å². The number of halogens is 1. The van der Waals surface area contributed by atoms with Crippen LogP contribution in [-0.4, -0.2) is 26.8 Å². The van der Waals surface area contributed by atoms with Crippen LogP contribution in [0.25, 0.3) is 11.4 Å². The summed E-state index contributed by atoms with van der Waals surface area (Å²) in [6.45, 7) is 2.02. The highest BCUT2D eigenvalue weighted by Crippen LogP contribution is 2.22. The van der Waals surface area contributed by atoms with E-state index in [2.05, 4.69) is 36.4 Å². The Balaban J connectivity index is 1.58. The summed E-state index contributed by atoms with van der Waals surface area (Å²) in [6.07, 6.45) is 0. The van der Waals surface area contributed by atoms with Crippen molar-refractivity contribution < 1.29 is 4.79 Å². The number of aromatic amines is 1. The Bertz CT molecular complexity index is 848. The Morgan fingerprint density at radius 3 is 2.71 bits per heavy atom. The molecule has 1 heterocycles. The van der Waals surface area contributed by atoms with E-state index in [-0.39, 0.29) is 11.7 Å². The highest BCUT2D eigenvalue weighted by Gasteiger charge is 2.10. The van der Waals surface area contributed by atoms with Gasteiger partial charge < -0.3 is 5.32 Å². The molecule has 5 nitrogen and oxygen atoms in total. The van der Waals surface area contributed by atoms with Crippen molar-refractivity contribution in [2.75, 3.05) is 11.1 Å². The normalized spacial score (nSPS) is 10.6. The number of aryl methyl sites for hydroxylation is 1. The molecular weight excluding hydrogens is 388 g/mol. The lowest BCUT2D eigenvalue weighted by molar-refractivity contribution is -0.113. The Hall–Kier alpha value is -2.12. The second kappa shape index (κ2) is 7.63. The fourth-order valence-electron chi connectivity index (χ4n) is 2.13. The number of thioether (sulfide) groups is 1. The molecule has 0 saturated heterocycles. The van der Waals surface area contributed by atoms with Gasteiger partial charge in [0.05, 0.1) is 5.75 Å². The van der Waals surface area contributed by atoms with Crippen LogP contribution in [0.2, 0.25) is 0 Å². The summed E-state index contributed by atoms with van der Waals surface area (Å²) in [5, 5.41) is 10.5. The molecule has 0 unspecified atom stereocenters. The molecule has 0 spiro atoms. The van der Waals surface area contributed by atoms with Gasteiger partial charge in [-0.2, -0.15) is 0 Å². The lowest BCUT2D eigenvalue weighted by atomic mass is 10.1. The maximum absolute atomic E-state index is 12.0. The molecule has 2 N–H and O–H groups in total. The van der Waals surface area contributed by atoms with Gasteiger partial charge in [-0.05, 0) is 36.8 Å². The number of carbonyl (C=O) groups is 1. The summed E-state index contributed by atoms with van der Waals surface area (Å²) in [4.78, 5) is 16.4. The first-order valence-electron chi connectivity index (χ1n) is 7.28. The first-order valence-corrected chi connectivity index (χ1v) is 9.06. The Morgan fingerprint density at radius 2 is 1.96 bits per heavy atom. The van der Waals surface area contributed by atoms with Crippen LogP contribution in [0.5, 0.6) is 0 Å². The van der Waals surface area contributed by atoms with Crippen LogP contribution >= 0.6 is 27.7 Å². The number of carbonyl (C=O) groups excluding carboxylic acids is 1. The van der Waals surface area contributed by atoms with Crippen LogP contribution < -0.4 is 5.32 Å². The zero-order valence-corrected chi connectivity index (χ0v) is 15.3. The lowest BCUT2D eigenvalue weighted by Crippen LogP contribution is -2.13. The van der Waals surface area contributed by atoms with Crippen LogP contribution in [0.4, 0.5) is 5.69 Å². The third-order valence-corrected chi connectivity index (χ3v) is 4.70. The van der Waals surface area contributed by atoms with E-state index in [4.69, 9.17) is 0 Å². The summed E-state index contributed by atoms with van der Waals surface area (Å²) in [5.41, 5.74) is 2.90. The van der Waals surface area contributed by atoms with Crippen LogP contribution in [-0.2, 0) is 4.79 Å². The van der Waals surface area contributed by atoms with E-state index in [1.54, 1.807) is 0 Å². The van der Waals surface area contributed by atoms with Crippen molar-refractivity contribution in [2.45, 2.75) is 12.1 Å². The Morgan fingerprint density at radius 1 is 1.21 bits per heavy atom. The third-order valence-electron chi connectivity index (χ3n) is 3.33. The summed E-state index contributed by atoms with van der Waals surface area (Å²) in [7, 11) is 0. The third kappa shape index (κ3) is 4.24. The first kappa shape index (κ1) is 16.7. The van der Waals surface area contributed by atoms with Crippen LogP contribution in [0.3, 0.4) is 0 Å². The maximum Gasteiger partial charge on any atom is 0.234 e. The van der Waals surface area contributed by atoms with E-state index in [9.17, 15) is 4.79 Å². The van der Waals surface area contributed by atoms with Crippen LogP contribution in [0, 0.1) is 6.92 Å². The average Bonchev–Trinajstić information content (AvgIpc) is 3.04. The van der Waals surface area contributed by atoms with Crippen molar-refractivity contribution >= 4 is 39.3 Å². The largest absolute Gasteiger partial charge is 0.325 e. The van der Waals surface area contributed by atoms with Gasteiger partial charge in [0.1, 0.15) is 0 Å². The van der Waals surface area contributed by atoms with Gasteiger partial charge in [0, 0.05) is 15.7 Å². The number of nitrogens with one attached hydrogen (secondary N) is 2. The smallest absolute Gasteiger partial charge is 0.234 e. The standard InChI is InChI=1S/C17H15BrN4OS/c1-11-4-2-3-5-14(11)16-20-17(22-21-16)24-10-15(23)19-13-8-6-12(18)7-9-13/h2-9H,10H2,1H3,(H,19,23)(H,20,21,22). The Labute approximate surface area is 152 Å². The van der Waals surface area contributed by atoms with Crippen LogP contribution in [0.1, 0.15) is 5.56 Å². The summed E-state index contributed by atoms with van der Waals surface area (Å²) in [6, 6.07) is 15.4. The molecule has 0 bridgehead atoms. The number of nitrogens with zero attached hydrogens (tertiary/aromatic N) is 2. The zero-order valence-electron chi connectivity index (χ0n) is 12.9. The molecule has 1 aromatic heterocycles. The molecule has 0 atom stereocenters. The molecule has 3 aromatic rings. The maximum atomic E-state index is 12.0. The molecule has 0 aliphatic rings. The van der Waals surface area contributed by atoms with Gasteiger partial charge in [0.2, 0.25) is 11.1 Å². The van der Waals surface area contributed by atoms with Crippen molar-refractivity contribution in [2.24, 2.45) is 0 Å².